The maximum Gasteiger partial charge on any atom is 0.0292 e. The summed E-state index contributed by atoms with van der Waals surface area (Å²) < 4.78 is 0. The van der Waals surface area contributed by atoms with E-state index in [9.17, 15) is 0 Å². The first-order chi connectivity index (χ1) is 7.27. The topological polar surface area (TPSA) is 12.0 Å². The summed E-state index contributed by atoms with van der Waals surface area (Å²) in [6.45, 7) is 3.29. The molecular weight excluding hydrogens is 222 g/mol. The van der Waals surface area contributed by atoms with Crippen molar-refractivity contribution in [3.63, 3.8) is 0 Å². The molecule has 0 aliphatic rings. The highest BCUT2D eigenvalue weighted by atomic mass is 32.2. The number of nitrogens with one attached hydrogen (secondary N) is 1. The van der Waals surface area contributed by atoms with Gasteiger partial charge in [-0.2, -0.15) is 11.8 Å². The van der Waals surface area contributed by atoms with Crippen LogP contribution in [0.4, 0.5) is 0 Å². The SMILES string of the molecule is CSCCNC(C)c1ccc(SC)cc1. The smallest absolute Gasteiger partial charge is 0.0292 e. The summed E-state index contributed by atoms with van der Waals surface area (Å²) in [4.78, 5) is 1.33. The minimum Gasteiger partial charge on any atom is -0.309 e. The number of benzene rings is 1. The quantitative estimate of drug-likeness (QED) is 0.605. The first-order valence-corrected chi connectivity index (χ1v) is 7.76. The third kappa shape index (κ3) is 4.49. The Morgan fingerprint density at radius 3 is 2.40 bits per heavy atom. The maximum atomic E-state index is 3.51. The lowest BCUT2D eigenvalue weighted by atomic mass is 10.1. The molecule has 0 heterocycles. The van der Waals surface area contributed by atoms with Crippen LogP contribution in [-0.2, 0) is 0 Å². The molecule has 0 radical (unpaired) electrons. The molecule has 0 fully saturated rings. The van der Waals surface area contributed by atoms with Crippen LogP contribution in [-0.4, -0.2) is 24.8 Å². The number of thioether (sulfide) groups is 2. The van der Waals surface area contributed by atoms with Crippen molar-refractivity contribution in [1.29, 1.82) is 0 Å². The molecule has 0 spiro atoms. The highest BCUT2D eigenvalue weighted by Gasteiger charge is 2.03. The van der Waals surface area contributed by atoms with Crippen molar-refractivity contribution in [2.45, 2.75) is 17.9 Å². The van der Waals surface area contributed by atoms with Gasteiger partial charge in [0.1, 0.15) is 0 Å². The van der Waals surface area contributed by atoms with Crippen LogP contribution in [0, 0.1) is 0 Å². The van der Waals surface area contributed by atoms with Crippen molar-refractivity contribution in [1.82, 2.24) is 5.32 Å². The van der Waals surface area contributed by atoms with Crippen molar-refractivity contribution in [2.24, 2.45) is 0 Å². The Morgan fingerprint density at radius 1 is 1.20 bits per heavy atom. The largest absolute Gasteiger partial charge is 0.309 e. The molecule has 1 unspecified atom stereocenters. The van der Waals surface area contributed by atoms with Gasteiger partial charge < -0.3 is 5.32 Å². The van der Waals surface area contributed by atoms with Crippen LogP contribution < -0.4 is 5.32 Å². The maximum absolute atomic E-state index is 3.51. The van der Waals surface area contributed by atoms with E-state index in [1.807, 2.05) is 11.8 Å². The van der Waals surface area contributed by atoms with Gasteiger partial charge in [0.15, 0.2) is 0 Å². The Balaban J connectivity index is 2.46. The van der Waals surface area contributed by atoms with Crippen molar-refractivity contribution in [3.05, 3.63) is 29.8 Å². The predicted molar refractivity (Wildman–Crippen MR) is 73.0 cm³/mol. The van der Waals surface area contributed by atoms with Gasteiger partial charge in [-0.25, -0.2) is 0 Å². The molecule has 0 aliphatic carbocycles. The fourth-order valence-electron chi connectivity index (χ4n) is 1.39. The third-order valence-electron chi connectivity index (χ3n) is 2.37. The summed E-state index contributed by atoms with van der Waals surface area (Å²) >= 11 is 3.67. The fourth-order valence-corrected chi connectivity index (χ4v) is 2.12. The number of hydrogen-bond donors (Lipinski definition) is 1. The fraction of sp³-hybridized carbons (Fsp3) is 0.500. The van der Waals surface area contributed by atoms with Gasteiger partial charge in [0.25, 0.3) is 0 Å². The zero-order valence-corrected chi connectivity index (χ0v) is 11.3. The lowest BCUT2D eigenvalue weighted by Crippen LogP contribution is -2.21. The van der Waals surface area contributed by atoms with Crippen LogP contribution in [0.1, 0.15) is 18.5 Å². The number of rotatable bonds is 6. The summed E-state index contributed by atoms with van der Waals surface area (Å²) in [6, 6.07) is 9.25. The average Bonchev–Trinajstić information content (AvgIpc) is 2.29. The molecule has 0 aliphatic heterocycles. The predicted octanol–water partition coefficient (Wildman–Crippen LogP) is 3.42. The number of hydrogen-bond acceptors (Lipinski definition) is 3. The Hall–Kier alpha value is -0.120. The van der Waals surface area contributed by atoms with E-state index >= 15 is 0 Å². The van der Waals surface area contributed by atoms with Gasteiger partial charge in [0.05, 0.1) is 0 Å². The lowest BCUT2D eigenvalue weighted by molar-refractivity contribution is 0.601. The molecule has 1 rings (SSSR count). The Bertz CT molecular complexity index is 271. The molecule has 0 aromatic heterocycles. The standard InChI is InChI=1S/C12H19NS2/c1-10(13-8-9-14-2)11-4-6-12(15-3)7-5-11/h4-7,10,13H,8-9H2,1-3H3. The van der Waals surface area contributed by atoms with E-state index in [0.717, 1.165) is 6.54 Å². The molecule has 0 saturated heterocycles. The van der Waals surface area contributed by atoms with Gasteiger partial charge in [0.2, 0.25) is 0 Å². The zero-order chi connectivity index (χ0) is 11.1. The van der Waals surface area contributed by atoms with Gasteiger partial charge in [-0.1, -0.05) is 12.1 Å². The van der Waals surface area contributed by atoms with E-state index < -0.39 is 0 Å². The summed E-state index contributed by atoms with van der Waals surface area (Å²) in [5.41, 5.74) is 1.37. The minimum absolute atomic E-state index is 0.452. The van der Waals surface area contributed by atoms with E-state index in [1.165, 1.54) is 16.2 Å². The zero-order valence-electron chi connectivity index (χ0n) is 9.62. The lowest BCUT2D eigenvalue weighted by Gasteiger charge is -2.14. The summed E-state index contributed by atoms with van der Waals surface area (Å²) in [6.07, 6.45) is 4.24. The van der Waals surface area contributed by atoms with E-state index in [4.69, 9.17) is 0 Å². The highest BCUT2D eigenvalue weighted by molar-refractivity contribution is 7.98. The molecule has 0 amide bonds. The molecule has 0 saturated carbocycles. The highest BCUT2D eigenvalue weighted by Crippen LogP contribution is 2.18. The molecule has 1 N–H and O–H groups in total. The first kappa shape index (κ1) is 12.9. The van der Waals surface area contributed by atoms with Crippen LogP contribution in [0.15, 0.2) is 29.2 Å². The Morgan fingerprint density at radius 2 is 1.87 bits per heavy atom. The minimum atomic E-state index is 0.452. The van der Waals surface area contributed by atoms with Crippen LogP contribution in [0.2, 0.25) is 0 Å². The van der Waals surface area contributed by atoms with Crippen LogP contribution in [0.25, 0.3) is 0 Å². The summed E-state index contributed by atoms with van der Waals surface area (Å²) in [5.74, 6) is 1.17. The second-order valence-corrected chi connectivity index (χ2v) is 5.31. The van der Waals surface area contributed by atoms with Crippen molar-refractivity contribution in [2.75, 3.05) is 24.8 Å². The molecule has 1 aromatic rings. The monoisotopic (exact) mass is 241 g/mol. The Kier molecular flexibility index (Phi) is 6.22. The molecule has 1 aromatic carbocycles. The molecule has 0 bridgehead atoms. The van der Waals surface area contributed by atoms with Gasteiger partial charge >= 0.3 is 0 Å². The van der Waals surface area contributed by atoms with Gasteiger partial charge in [-0.3, -0.25) is 0 Å². The molecular formula is C12H19NS2. The van der Waals surface area contributed by atoms with Gasteiger partial charge in [0, 0.05) is 23.2 Å². The van der Waals surface area contributed by atoms with E-state index in [1.54, 1.807) is 11.8 Å². The van der Waals surface area contributed by atoms with E-state index in [-0.39, 0.29) is 0 Å². The first-order valence-electron chi connectivity index (χ1n) is 5.14. The summed E-state index contributed by atoms with van der Waals surface area (Å²) in [5, 5.41) is 3.51. The summed E-state index contributed by atoms with van der Waals surface area (Å²) in [7, 11) is 0. The van der Waals surface area contributed by atoms with Crippen LogP contribution >= 0.6 is 23.5 Å². The van der Waals surface area contributed by atoms with E-state index in [0.29, 0.717) is 6.04 Å². The second-order valence-electron chi connectivity index (χ2n) is 3.44. The normalized spacial score (nSPS) is 12.7. The second kappa shape index (κ2) is 7.20. The molecule has 3 heteroatoms. The van der Waals surface area contributed by atoms with Crippen molar-refractivity contribution < 1.29 is 0 Å². The van der Waals surface area contributed by atoms with Crippen molar-refractivity contribution in [3.8, 4) is 0 Å². The Labute approximate surface area is 101 Å². The van der Waals surface area contributed by atoms with Crippen LogP contribution in [0.3, 0.4) is 0 Å². The third-order valence-corrected chi connectivity index (χ3v) is 3.73. The van der Waals surface area contributed by atoms with Gasteiger partial charge in [-0.15, -0.1) is 11.8 Å². The van der Waals surface area contributed by atoms with Gasteiger partial charge in [-0.05, 0) is 37.1 Å². The van der Waals surface area contributed by atoms with E-state index in [2.05, 4.69) is 49.0 Å². The molecule has 1 atom stereocenters. The molecule has 84 valence electrons. The van der Waals surface area contributed by atoms with Crippen molar-refractivity contribution >= 4 is 23.5 Å². The average molecular weight is 241 g/mol. The molecule has 15 heavy (non-hydrogen) atoms. The molecule has 1 nitrogen and oxygen atoms in total. The van der Waals surface area contributed by atoms with Crippen LogP contribution in [0.5, 0.6) is 0 Å².